The fraction of sp³-hybridized carbons (Fsp3) is 0.125. The molecule has 0 amide bonds. The molecule has 0 atom stereocenters. The maximum absolute atomic E-state index is 12.8. The lowest BCUT2D eigenvalue weighted by molar-refractivity contribution is -0.140. The van der Waals surface area contributed by atoms with Gasteiger partial charge in [-0.05, 0) is 41.0 Å². The fourth-order valence-electron chi connectivity index (χ4n) is 2.82. The quantitative estimate of drug-likeness (QED) is 0.429. The standard InChI is InChI=1S/C24H22O4/c1-17(18-7-5-4-6-8-18)24(25)28-23(19-9-13-21(26-2)14-10-19)20-11-15-22(27-3)16-12-20/h4-16,23H,1H2,2-3H3. The van der Waals surface area contributed by atoms with Gasteiger partial charge in [0.2, 0.25) is 0 Å². The van der Waals surface area contributed by atoms with Gasteiger partial charge in [-0.3, -0.25) is 0 Å². The van der Waals surface area contributed by atoms with E-state index in [4.69, 9.17) is 14.2 Å². The molecule has 4 heteroatoms. The van der Waals surface area contributed by atoms with Crippen LogP contribution in [0.3, 0.4) is 0 Å². The van der Waals surface area contributed by atoms with Crippen LogP contribution in [0.2, 0.25) is 0 Å². The Balaban J connectivity index is 1.90. The SMILES string of the molecule is C=C(C(=O)OC(c1ccc(OC)cc1)c1ccc(OC)cc1)c1ccccc1. The predicted octanol–water partition coefficient (Wildman–Crippen LogP) is 5.05. The van der Waals surface area contributed by atoms with Gasteiger partial charge < -0.3 is 14.2 Å². The lowest BCUT2D eigenvalue weighted by Crippen LogP contribution is -2.14. The van der Waals surface area contributed by atoms with Crippen molar-refractivity contribution < 1.29 is 19.0 Å². The van der Waals surface area contributed by atoms with Crippen LogP contribution >= 0.6 is 0 Å². The zero-order valence-electron chi connectivity index (χ0n) is 15.9. The molecule has 3 aromatic carbocycles. The van der Waals surface area contributed by atoms with E-state index < -0.39 is 12.1 Å². The average molecular weight is 374 g/mol. The molecule has 0 aromatic heterocycles. The summed E-state index contributed by atoms with van der Waals surface area (Å²) in [6.07, 6.45) is -0.579. The van der Waals surface area contributed by atoms with Crippen molar-refractivity contribution >= 4 is 11.5 Å². The van der Waals surface area contributed by atoms with Crippen LogP contribution in [-0.2, 0) is 9.53 Å². The van der Waals surface area contributed by atoms with E-state index in [2.05, 4.69) is 6.58 Å². The van der Waals surface area contributed by atoms with Crippen molar-refractivity contribution in [2.24, 2.45) is 0 Å². The van der Waals surface area contributed by atoms with Gasteiger partial charge in [0, 0.05) is 0 Å². The zero-order valence-corrected chi connectivity index (χ0v) is 15.9. The van der Waals surface area contributed by atoms with Crippen LogP contribution in [0.1, 0.15) is 22.8 Å². The Hall–Kier alpha value is -3.53. The highest BCUT2D eigenvalue weighted by Crippen LogP contribution is 2.30. The second-order valence-corrected chi connectivity index (χ2v) is 6.18. The van der Waals surface area contributed by atoms with E-state index in [1.165, 1.54) is 0 Å². The van der Waals surface area contributed by atoms with E-state index in [0.717, 1.165) is 28.2 Å². The number of esters is 1. The number of carbonyl (C=O) groups excluding carboxylic acids is 1. The van der Waals surface area contributed by atoms with E-state index in [1.54, 1.807) is 14.2 Å². The molecule has 0 spiro atoms. The number of ether oxygens (including phenoxy) is 3. The van der Waals surface area contributed by atoms with Gasteiger partial charge >= 0.3 is 5.97 Å². The summed E-state index contributed by atoms with van der Waals surface area (Å²) in [4.78, 5) is 12.8. The maximum atomic E-state index is 12.8. The third-order valence-electron chi connectivity index (χ3n) is 4.43. The van der Waals surface area contributed by atoms with E-state index in [1.807, 2.05) is 78.9 Å². The second kappa shape index (κ2) is 8.91. The van der Waals surface area contributed by atoms with Crippen molar-refractivity contribution in [3.05, 3.63) is 102 Å². The van der Waals surface area contributed by atoms with Crippen LogP contribution in [0.5, 0.6) is 11.5 Å². The molecule has 28 heavy (non-hydrogen) atoms. The van der Waals surface area contributed by atoms with Crippen LogP contribution in [0.4, 0.5) is 0 Å². The molecule has 142 valence electrons. The molecule has 4 nitrogen and oxygen atoms in total. The van der Waals surface area contributed by atoms with Crippen LogP contribution in [-0.4, -0.2) is 20.2 Å². The third kappa shape index (κ3) is 4.41. The van der Waals surface area contributed by atoms with Crippen molar-refractivity contribution in [1.82, 2.24) is 0 Å². The smallest absolute Gasteiger partial charge is 0.339 e. The predicted molar refractivity (Wildman–Crippen MR) is 109 cm³/mol. The molecule has 0 heterocycles. The summed E-state index contributed by atoms with van der Waals surface area (Å²) in [5.74, 6) is 0.998. The molecule has 0 N–H and O–H groups in total. The summed E-state index contributed by atoms with van der Waals surface area (Å²) >= 11 is 0. The highest BCUT2D eigenvalue weighted by atomic mass is 16.5. The van der Waals surface area contributed by atoms with Gasteiger partial charge in [-0.2, -0.15) is 0 Å². The largest absolute Gasteiger partial charge is 0.497 e. The molecule has 3 rings (SSSR count). The van der Waals surface area contributed by atoms with Gasteiger partial charge in [-0.25, -0.2) is 4.79 Å². The van der Waals surface area contributed by atoms with Gasteiger partial charge in [0.15, 0.2) is 6.10 Å². The number of methoxy groups -OCH3 is 2. The van der Waals surface area contributed by atoms with Crippen molar-refractivity contribution in [2.45, 2.75) is 6.10 Å². The van der Waals surface area contributed by atoms with Crippen molar-refractivity contribution in [3.63, 3.8) is 0 Å². The number of benzene rings is 3. The van der Waals surface area contributed by atoms with Crippen molar-refractivity contribution in [3.8, 4) is 11.5 Å². The number of hydrogen-bond acceptors (Lipinski definition) is 4. The molecule has 0 unspecified atom stereocenters. The molecule has 0 saturated heterocycles. The molecule has 0 aliphatic rings. The Kier molecular flexibility index (Phi) is 6.12. The zero-order chi connectivity index (χ0) is 19.9. The highest BCUT2D eigenvalue weighted by Gasteiger charge is 2.21. The Morgan fingerprint density at radius 2 is 1.21 bits per heavy atom. The molecule has 0 bridgehead atoms. The second-order valence-electron chi connectivity index (χ2n) is 6.18. The summed E-state index contributed by atoms with van der Waals surface area (Å²) in [6, 6.07) is 24.2. The molecule has 3 aromatic rings. The van der Waals surface area contributed by atoms with Gasteiger partial charge in [0.1, 0.15) is 11.5 Å². The van der Waals surface area contributed by atoms with Crippen molar-refractivity contribution in [1.29, 1.82) is 0 Å². The molecule has 0 radical (unpaired) electrons. The number of rotatable bonds is 7. The Labute approximate surface area is 165 Å². The van der Waals surface area contributed by atoms with E-state index in [-0.39, 0.29) is 0 Å². The molecule has 0 saturated carbocycles. The molecular formula is C24H22O4. The highest BCUT2D eigenvalue weighted by molar-refractivity contribution is 6.15. The Bertz CT molecular complexity index is 881. The van der Waals surface area contributed by atoms with Gasteiger partial charge in [0.05, 0.1) is 19.8 Å². The summed E-state index contributed by atoms with van der Waals surface area (Å²) in [6.45, 7) is 3.91. The average Bonchev–Trinajstić information content (AvgIpc) is 2.77. The van der Waals surface area contributed by atoms with Crippen LogP contribution in [0, 0.1) is 0 Å². The maximum Gasteiger partial charge on any atom is 0.339 e. The third-order valence-corrected chi connectivity index (χ3v) is 4.43. The Morgan fingerprint density at radius 1 is 0.750 bits per heavy atom. The van der Waals surface area contributed by atoms with Gasteiger partial charge in [0.25, 0.3) is 0 Å². The first-order valence-electron chi connectivity index (χ1n) is 8.85. The fourth-order valence-corrected chi connectivity index (χ4v) is 2.82. The summed E-state index contributed by atoms with van der Waals surface area (Å²) in [5.41, 5.74) is 2.71. The topological polar surface area (TPSA) is 44.8 Å². The van der Waals surface area contributed by atoms with Crippen LogP contribution < -0.4 is 9.47 Å². The van der Waals surface area contributed by atoms with Crippen molar-refractivity contribution in [2.75, 3.05) is 14.2 Å². The first-order valence-corrected chi connectivity index (χ1v) is 8.85. The normalized spacial score (nSPS) is 10.4. The number of hydrogen-bond donors (Lipinski definition) is 0. The van der Waals surface area contributed by atoms with E-state index >= 15 is 0 Å². The van der Waals surface area contributed by atoms with Crippen LogP contribution in [0.15, 0.2) is 85.4 Å². The minimum Gasteiger partial charge on any atom is -0.497 e. The molecule has 0 aliphatic carbocycles. The monoisotopic (exact) mass is 374 g/mol. The first kappa shape index (κ1) is 19.2. The minimum absolute atomic E-state index is 0.313. The lowest BCUT2D eigenvalue weighted by atomic mass is 10.0. The molecule has 0 aliphatic heterocycles. The van der Waals surface area contributed by atoms with Gasteiger partial charge in [-0.15, -0.1) is 0 Å². The molecular weight excluding hydrogens is 352 g/mol. The van der Waals surface area contributed by atoms with E-state index in [0.29, 0.717) is 5.57 Å². The van der Waals surface area contributed by atoms with E-state index in [9.17, 15) is 4.79 Å². The minimum atomic E-state index is -0.579. The van der Waals surface area contributed by atoms with Gasteiger partial charge in [-0.1, -0.05) is 61.2 Å². The summed E-state index contributed by atoms with van der Waals surface area (Å²) in [7, 11) is 3.22. The summed E-state index contributed by atoms with van der Waals surface area (Å²) < 4.78 is 16.3. The lowest BCUT2D eigenvalue weighted by Gasteiger charge is -2.20. The summed E-state index contributed by atoms with van der Waals surface area (Å²) in [5, 5.41) is 0. The van der Waals surface area contributed by atoms with Crippen LogP contribution in [0.25, 0.3) is 5.57 Å². The Morgan fingerprint density at radius 3 is 1.64 bits per heavy atom. The number of carbonyl (C=O) groups is 1. The molecule has 0 fully saturated rings. The first-order chi connectivity index (χ1) is 13.6.